The third-order valence-electron chi connectivity index (χ3n) is 5.84. The Morgan fingerprint density at radius 3 is 2.88 bits per heavy atom. The highest BCUT2D eigenvalue weighted by molar-refractivity contribution is 6.04. The number of aromatic amines is 1. The largest absolute Gasteiger partial charge is 0.349 e. The van der Waals surface area contributed by atoms with E-state index in [1.165, 1.54) is 37.7 Å². The molecule has 2 heterocycles. The molecule has 5 nitrogen and oxygen atoms in total. The van der Waals surface area contributed by atoms with E-state index < -0.39 is 0 Å². The molecule has 4 rings (SSSR count). The molecule has 0 bridgehead atoms. The van der Waals surface area contributed by atoms with Crippen molar-refractivity contribution in [3.05, 3.63) is 40.4 Å². The zero-order chi connectivity index (χ0) is 18.1. The Morgan fingerprint density at radius 1 is 1.27 bits per heavy atom. The van der Waals surface area contributed by atoms with Crippen LogP contribution in [0.1, 0.15) is 44.1 Å². The van der Waals surface area contributed by atoms with Crippen LogP contribution in [0.4, 0.5) is 0 Å². The molecule has 138 valence electrons. The van der Waals surface area contributed by atoms with Gasteiger partial charge in [-0.2, -0.15) is 0 Å². The third kappa shape index (κ3) is 3.28. The van der Waals surface area contributed by atoms with Crippen LogP contribution in [-0.2, 0) is 6.54 Å². The minimum absolute atomic E-state index is 0.0316. The molecule has 2 aromatic heterocycles. The summed E-state index contributed by atoms with van der Waals surface area (Å²) in [6, 6.07) is 6.88. The van der Waals surface area contributed by atoms with Crippen LogP contribution < -0.4 is 5.56 Å². The molecule has 1 N–H and O–H groups in total. The predicted molar refractivity (Wildman–Crippen MR) is 107 cm³/mol. The van der Waals surface area contributed by atoms with Gasteiger partial charge in [-0.25, -0.2) is 4.98 Å². The molecule has 3 aromatic rings. The summed E-state index contributed by atoms with van der Waals surface area (Å²) in [6.07, 6.45) is 9.41. The Hall–Kier alpha value is -2.14. The summed E-state index contributed by atoms with van der Waals surface area (Å²) in [5.41, 5.74) is 3.59. The zero-order valence-electron chi connectivity index (χ0n) is 15.8. The van der Waals surface area contributed by atoms with Gasteiger partial charge in [0.15, 0.2) is 0 Å². The first-order chi connectivity index (χ1) is 12.6. The van der Waals surface area contributed by atoms with E-state index in [4.69, 9.17) is 0 Å². The second kappa shape index (κ2) is 7.23. The number of hydrogen-bond acceptors (Lipinski definition) is 3. The number of nitrogens with zero attached hydrogens (tertiary/aromatic N) is 3. The third-order valence-corrected chi connectivity index (χ3v) is 5.84. The molecule has 5 heteroatoms. The number of fused-ring (bicyclic) bond motifs is 3. The number of H-pyrrole nitrogens is 1. The van der Waals surface area contributed by atoms with Gasteiger partial charge in [0.2, 0.25) is 0 Å². The van der Waals surface area contributed by atoms with E-state index in [1.54, 1.807) is 10.9 Å². The summed E-state index contributed by atoms with van der Waals surface area (Å²) < 4.78 is 1.75. The second-order valence-corrected chi connectivity index (χ2v) is 7.77. The van der Waals surface area contributed by atoms with Crippen LogP contribution in [0.2, 0.25) is 0 Å². The molecule has 1 saturated carbocycles. The van der Waals surface area contributed by atoms with E-state index >= 15 is 0 Å². The fourth-order valence-electron chi connectivity index (χ4n) is 4.26. The van der Waals surface area contributed by atoms with Crippen molar-refractivity contribution in [2.45, 2.75) is 58.0 Å². The first-order valence-electron chi connectivity index (χ1n) is 9.81. The molecule has 1 aliphatic carbocycles. The van der Waals surface area contributed by atoms with Gasteiger partial charge in [0.25, 0.3) is 5.56 Å². The van der Waals surface area contributed by atoms with Gasteiger partial charge >= 0.3 is 0 Å². The molecule has 0 radical (unpaired) electrons. The van der Waals surface area contributed by atoms with Gasteiger partial charge in [-0.3, -0.25) is 9.36 Å². The standard InChI is InChI=1S/C21H28N4O/c1-15-9-10-18-17(13-15)19-20(23-18)21(26)25(14-22-19)12-6-11-24(2)16-7-4-3-5-8-16/h9-10,13-14,16,23H,3-8,11-12H2,1-2H3. The summed E-state index contributed by atoms with van der Waals surface area (Å²) >= 11 is 0. The fraction of sp³-hybridized carbons (Fsp3) is 0.524. The van der Waals surface area contributed by atoms with Crippen molar-refractivity contribution < 1.29 is 0 Å². The lowest BCUT2D eigenvalue weighted by Gasteiger charge is -2.31. The van der Waals surface area contributed by atoms with Crippen molar-refractivity contribution in [3.63, 3.8) is 0 Å². The summed E-state index contributed by atoms with van der Waals surface area (Å²) in [4.78, 5) is 23.1. The van der Waals surface area contributed by atoms with Gasteiger partial charge < -0.3 is 9.88 Å². The topological polar surface area (TPSA) is 53.9 Å². The van der Waals surface area contributed by atoms with Crippen molar-refractivity contribution >= 4 is 21.9 Å². The van der Waals surface area contributed by atoms with E-state index in [0.29, 0.717) is 12.1 Å². The van der Waals surface area contributed by atoms with Gasteiger partial charge in [0.1, 0.15) is 11.0 Å². The molecule has 0 amide bonds. The van der Waals surface area contributed by atoms with Crippen LogP contribution in [0.15, 0.2) is 29.3 Å². The van der Waals surface area contributed by atoms with Crippen LogP contribution in [-0.4, -0.2) is 39.1 Å². The van der Waals surface area contributed by atoms with Crippen molar-refractivity contribution in [2.75, 3.05) is 13.6 Å². The number of aromatic nitrogens is 3. The SMILES string of the molecule is Cc1ccc2[nH]c3c(=O)n(CCCN(C)C4CCCCC4)cnc3c2c1. The van der Waals surface area contributed by atoms with Crippen LogP contribution in [0.3, 0.4) is 0 Å². The number of benzene rings is 1. The first kappa shape index (κ1) is 17.3. The molecule has 0 unspecified atom stereocenters. The highest BCUT2D eigenvalue weighted by Crippen LogP contribution is 2.23. The Kier molecular flexibility index (Phi) is 4.81. The maximum Gasteiger partial charge on any atom is 0.277 e. The molecule has 0 spiro atoms. The molecule has 26 heavy (non-hydrogen) atoms. The summed E-state index contributed by atoms with van der Waals surface area (Å²) in [7, 11) is 2.22. The number of aryl methyl sites for hydroxylation is 2. The summed E-state index contributed by atoms with van der Waals surface area (Å²) in [5.74, 6) is 0. The van der Waals surface area contributed by atoms with E-state index in [1.807, 2.05) is 6.07 Å². The average molecular weight is 352 g/mol. The Morgan fingerprint density at radius 2 is 2.08 bits per heavy atom. The molecule has 0 saturated heterocycles. The van der Waals surface area contributed by atoms with Crippen LogP contribution in [0.25, 0.3) is 21.9 Å². The summed E-state index contributed by atoms with van der Waals surface area (Å²) in [6.45, 7) is 3.80. The molecule has 1 aromatic carbocycles. The lowest BCUT2D eigenvalue weighted by atomic mass is 9.94. The van der Waals surface area contributed by atoms with Crippen LogP contribution in [0, 0.1) is 6.92 Å². The number of rotatable bonds is 5. The minimum atomic E-state index is 0.0316. The van der Waals surface area contributed by atoms with Crippen LogP contribution in [0.5, 0.6) is 0 Å². The van der Waals surface area contributed by atoms with E-state index in [9.17, 15) is 4.79 Å². The van der Waals surface area contributed by atoms with Crippen LogP contribution >= 0.6 is 0 Å². The van der Waals surface area contributed by atoms with Crippen molar-refractivity contribution in [1.82, 2.24) is 19.4 Å². The van der Waals surface area contributed by atoms with Crippen molar-refractivity contribution in [1.29, 1.82) is 0 Å². The lowest BCUT2D eigenvalue weighted by molar-refractivity contribution is 0.187. The van der Waals surface area contributed by atoms with Gasteiger partial charge in [-0.15, -0.1) is 0 Å². The van der Waals surface area contributed by atoms with Gasteiger partial charge in [0.05, 0.1) is 6.33 Å². The van der Waals surface area contributed by atoms with Crippen molar-refractivity contribution in [2.24, 2.45) is 0 Å². The Bertz CT molecular complexity index is 965. The van der Waals surface area contributed by atoms with E-state index in [2.05, 4.69) is 41.0 Å². The number of hydrogen-bond donors (Lipinski definition) is 1. The maximum absolute atomic E-state index is 12.8. The van der Waals surface area contributed by atoms with E-state index in [0.717, 1.165) is 35.4 Å². The molecular weight excluding hydrogens is 324 g/mol. The minimum Gasteiger partial charge on any atom is -0.349 e. The zero-order valence-corrected chi connectivity index (χ0v) is 15.8. The fourth-order valence-corrected chi connectivity index (χ4v) is 4.26. The molecule has 1 aliphatic rings. The quantitative estimate of drug-likeness (QED) is 0.759. The summed E-state index contributed by atoms with van der Waals surface area (Å²) in [5, 5.41) is 1.03. The second-order valence-electron chi connectivity index (χ2n) is 7.77. The van der Waals surface area contributed by atoms with Crippen molar-refractivity contribution in [3.8, 4) is 0 Å². The normalized spacial score (nSPS) is 16.1. The van der Waals surface area contributed by atoms with E-state index in [-0.39, 0.29) is 5.56 Å². The Labute approximate surface area is 154 Å². The monoisotopic (exact) mass is 352 g/mol. The van der Waals surface area contributed by atoms with Gasteiger partial charge in [0, 0.05) is 23.5 Å². The molecular formula is C21H28N4O. The first-order valence-corrected chi connectivity index (χ1v) is 9.81. The van der Waals surface area contributed by atoms with Gasteiger partial charge in [-0.05, 0) is 51.9 Å². The maximum atomic E-state index is 12.8. The highest BCUT2D eigenvalue weighted by atomic mass is 16.1. The smallest absolute Gasteiger partial charge is 0.277 e. The van der Waals surface area contributed by atoms with Gasteiger partial charge in [-0.1, -0.05) is 30.9 Å². The highest BCUT2D eigenvalue weighted by Gasteiger charge is 2.17. The number of nitrogens with one attached hydrogen (secondary N) is 1. The molecule has 0 atom stereocenters. The predicted octanol–water partition coefficient (Wildman–Crippen LogP) is 3.84. The average Bonchev–Trinajstić information content (AvgIpc) is 3.03. The lowest BCUT2D eigenvalue weighted by Crippen LogP contribution is -2.35. The molecule has 0 aliphatic heterocycles. The Balaban J connectivity index is 1.49. The molecule has 1 fully saturated rings.